The van der Waals surface area contributed by atoms with Gasteiger partial charge >= 0.3 is 5.97 Å². The van der Waals surface area contributed by atoms with Gasteiger partial charge in [-0.15, -0.1) is 0 Å². The van der Waals surface area contributed by atoms with Gasteiger partial charge < -0.3 is 9.64 Å². The summed E-state index contributed by atoms with van der Waals surface area (Å²) in [6, 6.07) is 0. The number of amides is 1. The van der Waals surface area contributed by atoms with Crippen LogP contribution in [0.2, 0.25) is 0 Å². The maximum Gasteiger partial charge on any atom is 0.325 e. The first-order valence-electron chi connectivity index (χ1n) is 20.5. The Bertz CT molecular complexity index is 608. The lowest BCUT2D eigenvalue weighted by molar-refractivity contribution is -0.148. The van der Waals surface area contributed by atoms with Crippen LogP contribution in [0.15, 0.2) is 0 Å². The topological polar surface area (TPSA) is 46.6 Å². The molecular formula is C41H81NO3. The molecule has 4 heteroatoms. The molecule has 0 unspecified atom stereocenters. The monoisotopic (exact) mass is 636 g/mol. The van der Waals surface area contributed by atoms with E-state index in [0.29, 0.717) is 13.0 Å². The van der Waals surface area contributed by atoms with E-state index in [2.05, 4.69) is 13.8 Å². The molecule has 1 amide bonds. The molecule has 0 aromatic heterocycles. The maximum atomic E-state index is 12.4. The Labute approximate surface area is 283 Å². The Hall–Kier alpha value is -1.06. The molecule has 0 aliphatic rings. The van der Waals surface area contributed by atoms with E-state index in [9.17, 15) is 9.59 Å². The largest absolute Gasteiger partial charge is 0.464 e. The second kappa shape index (κ2) is 37.4. The van der Waals surface area contributed by atoms with Gasteiger partial charge in [-0.25, -0.2) is 0 Å². The molecule has 45 heavy (non-hydrogen) atoms. The predicted octanol–water partition coefficient (Wildman–Crippen LogP) is 13.3. The van der Waals surface area contributed by atoms with Gasteiger partial charge in [0, 0.05) is 13.5 Å². The third-order valence-electron chi connectivity index (χ3n) is 9.55. The molecule has 0 saturated heterocycles. The number of likely N-dealkylation sites (N-methyl/N-ethyl adjacent to an activating group) is 1. The van der Waals surface area contributed by atoms with Gasteiger partial charge in [-0.2, -0.15) is 0 Å². The first-order chi connectivity index (χ1) is 22.1. The molecule has 0 radical (unpaired) electrons. The Morgan fingerprint density at radius 1 is 0.400 bits per heavy atom. The third kappa shape index (κ3) is 35.6. The quantitative estimate of drug-likeness (QED) is 0.0504. The molecule has 0 N–H and O–H groups in total. The van der Waals surface area contributed by atoms with Crippen LogP contribution in [0.1, 0.15) is 232 Å². The molecule has 0 aliphatic heterocycles. The molecule has 4 nitrogen and oxygen atoms in total. The highest BCUT2D eigenvalue weighted by molar-refractivity contribution is 5.81. The van der Waals surface area contributed by atoms with E-state index in [-0.39, 0.29) is 18.4 Å². The molecule has 0 atom stereocenters. The van der Waals surface area contributed by atoms with Crippen LogP contribution >= 0.6 is 0 Å². The number of nitrogens with zero attached hydrogens (tertiary/aromatic N) is 1. The summed E-state index contributed by atoms with van der Waals surface area (Å²) >= 11 is 0. The summed E-state index contributed by atoms with van der Waals surface area (Å²) in [7, 11) is 1.73. The zero-order valence-corrected chi connectivity index (χ0v) is 31.1. The van der Waals surface area contributed by atoms with Crippen molar-refractivity contribution in [1.29, 1.82) is 0 Å². The summed E-state index contributed by atoms with van der Waals surface area (Å²) in [5.41, 5.74) is 0. The van der Waals surface area contributed by atoms with Crippen LogP contribution in [-0.2, 0) is 14.3 Å². The minimum atomic E-state index is -0.269. The fraction of sp³-hybridized carbons (Fsp3) is 0.951. The molecule has 0 spiro atoms. The van der Waals surface area contributed by atoms with Crippen molar-refractivity contribution in [2.24, 2.45) is 0 Å². The molecule has 0 bridgehead atoms. The highest BCUT2D eigenvalue weighted by Gasteiger charge is 2.13. The Balaban J connectivity index is 3.36. The second-order valence-corrected chi connectivity index (χ2v) is 14.2. The van der Waals surface area contributed by atoms with E-state index in [1.807, 2.05) is 0 Å². The number of ether oxygens (including phenoxy) is 1. The van der Waals surface area contributed by atoms with Crippen molar-refractivity contribution in [2.45, 2.75) is 232 Å². The maximum absolute atomic E-state index is 12.4. The zero-order chi connectivity index (χ0) is 32.9. The highest BCUT2D eigenvalue weighted by atomic mass is 16.5. The number of unbranched alkanes of at least 4 members (excludes halogenated alkanes) is 31. The van der Waals surface area contributed by atoms with Gasteiger partial charge in [0.2, 0.25) is 5.91 Å². The Morgan fingerprint density at radius 2 is 0.667 bits per heavy atom. The molecule has 268 valence electrons. The molecule has 0 rings (SSSR count). The zero-order valence-electron chi connectivity index (χ0n) is 31.1. The van der Waals surface area contributed by atoms with E-state index < -0.39 is 0 Å². The summed E-state index contributed by atoms with van der Waals surface area (Å²) in [5, 5.41) is 0. The first-order valence-corrected chi connectivity index (χ1v) is 20.5. The van der Waals surface area contributed by atoms with Crippen LogP contribution in [0.3, 0.4) is 0 Å². The summed E-state index contributed by atoms with van der Waals surface area (Å²) in [5.74, 6) is -0.206. The normalized spacial score (nSPS) is 11.3. The number of esters is 1. The van der Waals surface area contributed by atoms with Crippen LogP contribution in [0.4, 0.5) is 0 Å². The number of hydrogen-bond donors (Lipinski definition) is 0. The van der Waals surface area contributed by atoms with Gasteiger partial charge in [0.1, 0.15) is 6.54 Å². The van der Waals surface area contributed by atoms with Gasteiger partial charge in [0.05, 0.1) is 6.61 Å². The Morgan fingerprint density at radius 3 is 0.978 bits per heavy atom. The van der Waals surface area contributed by atoms with Crippen LogP contribution < -0.4 is 0 Å². The van der Waals surface area contributed by atoms with E-state index in [1.54, 1.807) is 11.9 Å². The fourth-order valence-corrected chi connectivity index (χ4v) is 6.36. The molecule has 0 aromatic carbocycles. The number of hydrogen-bond acceptors (Lipinski definition) is 3. The third-order valence-corrected chi connectivity index (χ3v) is 9.55. The van der Waals surface area contributed by atoms with Crippen molar-refractivity contribution in [3.63, 3.8) is 0 Å². The van der Waals surface area contributed by atoms with E-state index in [1.165, 1.54) is 186 Å². The first kappa shape index (κ1) is 43.9. The minimum absolute atomic E-state index is 0.0637. The summed E-state index contributed by atoms with van der Waals surface area (Å²) in [6.45, 7) is 5.13. The van der Waals surface area contributed by atoms with Gasteiger partial charge in [0.25, 0.3) is 0 Å². The molecular weight excluding hydrogens is 554 g/mol. The van der Waals surface area contributed by atoms with Crippen molar-refractivity contribution < 1.29 is 14.3 Å². The van der Waals surface area contributed by atoms with Gasteiger partial charge in [-0.05, 0) is 12.8 Å². The van der Waals surface area contributed by atoms with E-state index >= 15 is 0 Å². The van der Waals surface area contributed by atoms with Crippen molar-refractivity contribution >= 4 is 11.9 Å². The minimum Gasteiger partial charge on any atom is -0.464 e. The second-order valence-electron chi connectivity index (χ2n) is 14.2. The highest BCUT2D eigenvalue weighted by Crippen LogP contribution is 2.16. The lowest BCUT2D eigenvalue weighted by Crippen LogP contribution is -2.33. The number of rotatable bonds is 37. The van der Waals surface area contributed by atoms with Gasteiger partial charge in [-0.1, -0.05) is 213 Å². The molecule has 0 saturated carbocycles. The molecule has 0 heterocycles. The van der Waals surface area contributed by atoms with Gasteiger partial charge in [-0.3, -0.25) is 9.59 Å². The van der Waals surface area contributed by atoms with Crippen LogP contribution in [0.25, 0.3) is 0 Å². The lowest BCUT2D eigenvalue weighted by Gasteiger charge is -2.16. The van der Waals surface area contributed by atoms with Gasteiger partial charge in [0.15, 0.2) is 0 Å². The summed E-state index contributed by atoms with van der Waals surface area (Å²) in [6.07, 6.45) is 44.8. The van der Waals surface area contributed by atoms with Crippen molar-refractivity contribution in [3.8, 4) is 0 Å². The van der Waals surface area contributed by atoms with Crippen LogP contribution in [0.5, 0.6) is 0 Å². The Kier molecular flexibility index (Phi) is 36.5. The summed E-state index contributed by atoms with van der Waals surface area (Å²) < 4.78 is 5.39. The molecule has 0 fully saturated rings. The molecule has 0 aliphatic carbocycles. The fourth-order valence-electron chi connectivity index (χ4n) is 6.36. The lowest BCUT2D eigenvalue weighted by atomic mass is 10.0. The molecule has 0 aromatic rings. The van der Waals surface area contributed by atoms with Crippen molar-refractivity contribution in [2.75, 3.05) is 20.2 Å². The summed E-state index contributed by atoms with van der Waals surface area (Å²) in [4.78, 5) is 26.0. The number of carbonyl (C=O) groups is 2. The smallest absolute Gasteiger partial charge is 0.325 e. The average Bonchev–Trinajstić information content (AvgIpc) is 3.03. The standard InChI is InChI=1S/C41H81NO3/c1-4-6-8-10-12-14-16-18-19-20-21-22-23-24-26-28-30-32-34-36-38-45-41(44)39-42(3)40(43)37-35-33-31-29-27-25-17-15-13-11-9-7-5-2/h4-39H2,1-3H3. The van der Waals surface area contributed by atoms with Crippen molar-refractivity contribution in [3.05, 3.63) is 0 Å². The van der Waals surface area contributed by atoms with Crippen molar-refractivity contribution in [1.82, 2.24) is 4.90 Å². The SMILES string of the molecule is CCCCCCCCCCCCCCCCCCCCCCOC(=O)CN(C)C(=O)CCCCCCCCCCCCCCC. The average molecular weight is 636 g/mol. The van der Waals surface area contributed by atoms with Crippen LogP contribution in [-0.4, -0.2) is 37.0 Å². The van der Waals surface area contributed by atoms with E-state index in [4.69, 9.17) is 4.74 Å². The predicted molar refractivity (Wildman–Crippen MR) is 197 cm³/mol. The number of carbonyl (C=O) groups excluding carboxylic acids is 2. The van der Waals surface area contributed by atoms with Crippen LogP contribution in [0, 0.1) is 0 Å². The van der Waals surface area contributed by atoms with E-state index in [0.717, 1.165) is 25.7 Å².